The molecule has 1 aliphatic carbocycles. The molecule has 88 valence electrons. The zero-order valence-corrected chi connectivity index (χ0v) is 9.86. The van der Waals surface area contributed by atoms with Gasteiger partial charge in [0.15, 0.2) is 0 Å². The number of carbonyl (C=O) groups is 1. The normalized spacial score (nSPS) is 26.4. The highest BCUT2D eigenvalue weighted by Crippen LogP contribution is 2.24. The van der Waals surface area contributed by atoms with Crippen molar-refractivity contribution in [1.29, 1.82) is 0 Å². The maximum atomic E-state index is 11.2. The van der Waals surface area contributed by atoms with E-state index < -0.39 is 6.16 Å². The number of hydrogen-bond donors (Lipinski definition) is 0. The Morgan fingerprint density at radius 2 is 2.00 bits per heavy atom. The molecule has 4 nitrogen and oxygen atoms in total. The van der Waals surface area contributed by atoms with Crippen molar-refractivity contribution in [1.82, 2.24) is 4.90 Å². The molecular formula is C11H21NO3. The van der Waals surface area contributed by atoms with Crippen molar-refractivity contribution in [2.45, 2.75) is 44.8 Å². The Morgan fingerprint density at radius 3 is 2.60 bits per heavy atom. The van der Waals surface area contributed by atoms with Crippen molar-refractivity contribution in [3.63, 3.8) is 0 Å². The van der Waals surface area contributed by atoms with Gasteiger partial charge in [-0.3, -0.25) is 0 Å². The summed E-state index contributed by atoms with van der Waals surface area (Å²) in [6, 6.07) is 0.336. The monoisotopic (exact) mass is 215 g/mol. The van der Waals surface area contributed by atoms with Gasteiger partial charge in [0.1, 0.15) is 6.10 Å². The van der Waals surface area contributed by atoms with E-state index in [1.54, 1.807) is 6.92 Å². The van der Waals surface area contributed by atoms with Gasteiger partial charge in [0, 0.05) is 6.04 Å². The molecule has 0 bridgehead atoms. The summed E-state index contributed by atoms with van der Waals surface area (Å²) in [6.07, 6.45) is 3.85. The average molecular weight is 215 g/mol. The summed E-state index contributed by atoms with van der Waals surface area (Å²) in [4.78, 5) is 13.3. The van der Waals surface area contributed by atoms with Gasteiger partial charge in [-0.1, -0.05) is 6.42 Å². The van der Waals surface area contributed by atoms with Gasteiger partial charge < -0.3 is 14.4 Å². The molecule has 0 aromatic heterocycles. The van der Waals surface area contributed by atoms with E-state index in [0.717, 1.165) is 19.3 Å². The molecule has 0 aromatic carbocycles. The van der Waals surface area contributed by atoms with Crippen molar-refractivity contribution in [3.8, 4) is 0 Å². The minimum atomic E-state index is -0.531. The Morgan fingerprint density at radius 1 is 1.33 bits per heavy atom. The second-order valence-corrected chi connectivity index (χ2v) is 4.15. The number of ether oxygens (including phenoxy) is 2. The summed E-state index contributed by atoms with van der Waals surface area (Å²) in [7, 11) is 4.05. The second-order valence-electron chi connectivity index (χ2n) is 4.15. The largest absolute Gasteiger partial charge is 0.508 e. The van der Waals surface area contributed by atoms with Crippen molar-refractivity contribution in [3.05, 3.63) is 0 Å². The smallest absolute Gasteiger partial charge is 0.435 e. The van der Waals surface area contributed by atoms with Crippen LogP contribution in [0.1, 0.15) is 32.6 Å². The van der Waals surface area contributed by atoms with Gasteiger partial charge in [-0.15, -0.1) is 0 Å². The highest BCUT2D eigenvalue weighted by molar-refractivity contribution is 5.60. The van der Waals surface area contributed by atoms with Gasteiger partial charge in [-0.25, -0.2) is 4.79 Å². The lowest BCUT2D eigenvalue weighted by atomic mass is 9.92. The highest BCUT2D eigenvalue weighted by Gasteiger charge is 2.30. The molecule has 1 aliphatic rings. The van der Waals surface area contributed by atoms with E-state index in [2.05, 4.69) is 4.90 Å². The van der Waals surface area contributed by atoms with E-state index in [-0.39, 0.29) is 6.10 Å². The molecular weight excluding hydrogens is 194 g/mol. The predicted molar refractivity (Wildman–Crippen MR) is 57.8 cm³/mol. The number of likely N-dealkylation sites (N-methyl/N-ethyl adjacent to an activating group) is 1. The lowest BCUT2D eigenvalue weighted by Gasteiger charge is -2.35. The predicted octanol–water partition coefficient (Wildman–Crippen LogP) is 2.03. The van der Waals surface area contributed by atoms with Crippen molar-refractivity contribution in [2.75, 3.05) is 20.7 Å². The standard InChI is InChI=1S/C11H21NO3/c1-4-14-11(13)15-10-8-6-5-7-9(10)12(2)3/h9-10H,4-8H2,1-3H3/t9-,10-/m0/s1. The maximum Gasteiger partial charge on any atom is 0.508 e. The molecule has 1 fully saturated rings. The highest BCUT2D eigenvalue weighted by atomic mass is 16.7. The molecule has 0 aromatic rings. The van der Waals surface area contributed by atoms with Crippen LogP contribution in [0.2, 0.25) is 0 Å². The summed E-state index contributed by atoms with van der Waals surface area (Å²) in [5.41, 5.74) is 0. The first kappa shape index (κ1) is 12.3. The van der Waals surface area contributed by atoms with Crippen LogP contribution < -0.4 is 0 Å². The molecule has 0 aliphatic heterocycles. The Hall–Kier alpha value is -0.770. The van der Waals surface area contributed by atoms with Gasteiger partial charge in [-0.05, 0) is 40.3 Å². The minimum Gasteiger partial charge on any atom is -0.435 e. The third kappa shape index (κ3) is 3.70. The van der Waals surface area contributed by atoms with Crippen LogP contribution in [0, 0.1) is 0 Å². The van der Waals surface area contributed by atoms with Gasteiger partial charge in [-0.2, -0.15) is 0 Å². The van der Waals surface area contributed by atoms with Crippen LogP contribution in [0.4, 0.5) is 4.79 Å². The molecule has 0 heterocycles. The van der Waals surface area contributed by atoms with Gasteiger partial charge >= 0.3 is 6.16 Å². The van der Waals surface area contributed by atoms with Crippen molar-refractivity contribution in [2.24, 2.45) is 0 Å². The Balaban J connectivity index is 2.45. The first-order valence-electron chi connectivity index (χ1n) is 5.65. The molecule has 2 atom stereocenters. The van der Waals surface area contributed by atoms with Crippen LogP contribution in [0.25, 0.3) is 0 Å². The molecule has 0 amide bonds. The van der Waals surface area contributed by atoms with Crippen LogP contribution in [0.15, 0.2) is 0 Å². The van der Waals surface area contributed by atoms with Crippen LogP contribution in [0.3, 0.4) is 0 Å². The fourth-order valence-corrected chi connectivity index (χ4v) is 2.08. The summed E-state index contributed by atoms with van der Waals surface area (Å²) >= 11 is 0. The van der Waals surface area contributed by atoms with Gasteiger partial charge in [0.05, 0.1) is 6.61 Å². The first-order valence-corrected chi connectivity index (χ1v) is 5.65. The Kier molecular flexibility index (Phi) is 4.88. The maximum absolute atomic E-state index is 11.2. The molecule has 0 spiro atoms. The van der Waals surface area contributed by atoms with E-state index in [1.165, 1.54) is 6.42 Å². The Bertz CT molecular complexity index is 206. The molecule has 0 N–H and O–H groups in total. The lowest BCUT2D eigenvalue weighted by molar-refractivity contribution is -0.0191. The summed E-state index contributed by atoms with van der Waals surface area (Å²) in [6.45, 7) is 2.16. The van der Waals surface area contributed by atoms with Gasteiger partial charge in [0.25, 0.3) is 0 Å². The molecule has 1 saturated carbocycles. The quantitative estimate of drug-likeness (QED) is 0.675. The molecule has 4 heteroatoms. The molecule has 0 unspecified atom stereocenters. The van der Waals surface area contributed by atoms with Crippen LogP contribution in [-0.2, 0) is 9.47 Å². The fraction of sp³-hybridized carbons (Fsp3) is 0.909. The van der Waals surface area contributed by atoms with E-state index in [1.807, 2.05) is 14.1 Å². The van der Waals surface area contributed by atoms with Crippen molar-refractivity contribution < 1.29 is 14.3 Å². The van der Waals surface area contributed by atoms with Crippen LogP contribution in [-0.4, -0.2) is 43.9 Å². The zero-order chi connectivity index (χ0) is 11.3. The Labute approximate surface area is 91.5 Å². The summed E-state index contributed by atoms with van der Waals surface area (Å²) < 4.78 is 10.1. The minimum absolute atomic E-state index is 0.00667. The first-order chi connectivity index (χ1) is 7.15. The topological polar surface area (TPSA) is 38.8 Å². The molecule has 0 saturated heterocycles. The lowest BCUT2D eigenvalue weighted by Crippen LogP contribution is -2.43. The number of hydrogen-bond acceptors (Lipinski definition) is 4. The molecule has 1 rings (SSSR count). The second kappa shape index (κ2) is 5.95. The van der Waals surface area contributed by atoms with Gasteiger partial charge in [0.2, 0.25) is 0 Å². The van der Waals surface area contributed by atoms with Crippen LogP contribution >= 0.6 is 0 Å². The zero-order valence-electron chi connectivity index (χ0n) is 9.86. The average Bonchev–Trinajstić information content (AvgIpc) is 2.18. The molecule has 0 radical (unpaired) electrons. The number of rotatable bonds is 3. The molecule has 15 heavy (non-hydrogen) atoms. The van der Waals surface area contributed by atoms with Crippen LogP contribution in [0.5, 0.6) is 0 Å². The van der Waals surface area contributed by atoms with E-state index in [0.29, 0.717) is 12.6 Å². The van der Waals surface area contributed by atoms with E-state index >= 15 is 0 Å². The summed E-state index contributed by atoms with van der Waals surface area (Å²) in [5, 5.41) is 0. The number of carbonyl (C=O) groups excluding carboxylic acids is 1. The third-order valence-corrected chi connectivity index (χ3v) is 2.84. The summed E-state index contributed by atoms with van der Waals surface area (Å²) in [5.74, 6) is 0. The van der Waals surface area contributed by atoms with Crippen molar-refractivity contribution >= 4 is 6.16 Å². The SMILES string of the molecule is CCOC(=O)O[C@H]1CCCC[C@@H]1N(C)C. The fourth-order valence-electron chi connectivity index (χ4n) is 2.08. The third-order valence-electron chi connectivity index (χ3n) is 2.84. The van der Waals surface area contributed by atoms with E-state index in [9.17, 15) is 4.79 Å². The number of nitrogens with zero attached hydrogens (tertiary/aromatic N) is 1. The van der Waals surface area contributed by atoms with E-state index in [4.69, 9.17) is 9.47 Å².